The molecule has 0 spiro atoms. The van der Waals surface area contributed by atoms with Crippen LogP contribution in [0.2, 0.25) is 0 Å². The molecule has 1 N–H and O–H groups in total. The molecule has 1 aliphatic rings. The van der Waals surface area contributed by atoms with Crippen molar-refractivity contribution in [1.29, 1.82) is 0 Å². The van der Waals surface area contributed by atoms with Crippen LogP contribution in [0.1, 0.15) is 41.0 Å². The first-order valence-electron chi connectivity index (χ1n) is 5.36. The molecule has 78 valence electrons. The predicted molar refractivity (Wildman–Crippen MR) is 63.1 cm³/mol. The molecule has 1 nitrogen and oxygen atoms in total. The van der Waals surface area contributed by atoms with Gasteiger partial charge >= 0.3 is 0 Å². The second-order valence-corrected chi connectivity index (χ2v) is 2.44. The van der Waals surface area contributed by atoms with Gasteiger partial charge in [-0.2, -0.15) is 0 Å². The minimum Gasteiger partial charge on any atom is -0.312 e. The molecule has 13 heavy (non-hydrogen) atoms. The third-order valence-corrected chi connectivity index (χ3v) is 1.79. The van der Waals surface area contributed by atoms with E-state index in [2.05, 4.69) is 18.8 Å². The van der Waals surface area contributed by atoms with Crippen molar-refractivity contribution in [2.24, 2.45) is 0 Å². The highest BCUT2D eigenvalue weighted by Gasteiger charge is 2.03. The van der Waals surface area contributed by atoms with Gasteiger partial charge < -0.3 is 5.32 Å². The summed E-state index contributed by atoms with van der Waals surface area (Å²) in [7, 11) is 0. The van der Waals surface area contributed by atoms with Crippen molar-refractivity contribution in [2.45, 2.75) is 41.0 Å². The average Bonchev–Trinajstić information content (AvgIpc) is 2.24. The van der Waals surface area contributed by atoms with Gasteiger partial charge in [-0.25, -0.2) is 0 Å². The van der Waals surface area contributed by atoms with Crippen LogP contribution in [0, 0.1) is 0 Å². The fourth-order valence-electron chi connectivity index (χ4n) is 1.06. The summed E-state index contributed by atoms with van der Waals surface area (Å²) in [5.74, 6) is 0. The van der Waals surface area contributed by atoms with E-state index in [1.54, 1.807) is 0 Å². The van der Waals surface area contributed by atoms with Crippen molar-refractivity contribution >= 4 is 0 Å². The molecule has 0 bridgehead atoms. The van der Waals surface area contributed by atoms with Crippen LogP contribution in [-0.4, -0.2) is 13.1 Å². The predicted octanol–water partition coefficient (Wildman–Crippen LogP) is 3.53. The summed E-state index contributed by atoms with van der Waals surface area (Å²) in [5.41, 5.74) is 2.87. The van der Waals surface area contributed by atoms with Crippen molar-refractivity contribution < 1.29 is 0 Å². The Balaban J connectivity index is 0. The van der Waals surface area contributed by atoms with E-state index in [9.17, 15) is 0 Å². The van der Waals surface area contributed by atoms with E-state index in [1.807, 2.05) is 33.8 Å². The highest BCUT2D eigenvalue weighted by atomic mass is 14.9. The minimum absolute atomic E-state index is 1.01. The van der Waals surface area contributed by atoms with Gasteiger partial charge in [0.1, 0.15) is 0 Å². The Morgan fingerprint density at radius 1 is 1.23 bits per heavy atom. The maximum absolute atomic E-state index is 3.74. The molecule has 1 aliphatic heterocycles. The van der Waals surface area contributed by atoms with E-state index in [1.165, 1.54) is 17.6 Å². The fraction of sp³-hybridized carbons (Fsp3) is 0.667. The molecule has 0 aromatic carbocycles. The van der Waals surface area contributed by atoms with Crippen molar-refractivity contribution in [3.05, 3.63) is 23.8 Å². The van der Waals surface area contributed by atoms with E-state index in [0.717, 1.165) is 13.1 Å². The number of rotatable bonds is 1. The third kappa shape index (κ3) is 6.59. The number of hydrogen-bond donors (Lipinski definition) is 1. The van der Waals surface area contributed by atoms with Crippen molar-refractivity contribution in [3.63, 3.8) is 0 Å². The van der Waals surface area contributed by atoms with E-state index >= 15 is 0 Å². The van der Waals surface area contributed by atoms with Crippen LogP contribution in [0.25, 0.3) is 0 Å². The smallest absolute Gasteiger partial charge is 0.0204 e. The molecule has 0 aromatic heterocycles. The summed E-state index contributed by atoms with van der Waals surface area (Å²) >= 11 is 0. The molecule has 0 saturated carbocycles. The molecule has 1 rings (SSSR count). The Morgan fingerprint density at radius 2 is 1.77 bits per heavy atom. The molecule has 0 aromatic rings. The van der Waals surface area contributed by atoms with Crippen LogP contribution in [0.3, 0.4) is 0 Å². The highest BCUT2D eigenvalue weighted by molar-refractivity contribution is 5.26. The van der Waals surface area contributed by atoms with Crippen LogP contribution in [0.4, 0.5) is 0 Å². The zero-order valence-corrected chi connectivity index (χ0v) is 9.91. The molecule has 0 fully saturated rings. The number of nitrogens with one attached hydrogen (secondary N) is 1. The maximum atomic E-state index is 3.74. The molecule has 0 atom stereocenters. The van der Waals surface area contributed by atoms with E-state index in [0.29, 0.717) is 0 Å². The topological polar surface area (TPSA) is 12.0 Å². The minimum atomic E-state index is 1.01. The lowest BCUT2D eigenvalue weighted by Crippen LogP contribution is -2.23. The van der Waals surface area contributed by atoms with Crippen LogP contribution in [0.15, 0.2) is 23.8 Å². The zero-order chi connectivity index (χ0) is 10.7. The Kier molecular flexibility index (Phi) is 13.1. The van der Waals surface area contributed by atoms with Crippen LogP contribution in [-0.2, 0) is 0 Å². The average molecular weight is 183 g/mol. The van der Waals surface area contributed by atoms with E-state index in [-0.39, 0.29) is 0 Å². The molecule has 0 radical (unpaired) electrons. The summed E-state index contributed by atoms with van der Waals surface area (Å²) in [6.07, 6.45) is 3.13. The summed E-state index contributed by atoms with van der Waals surface area (Å²) in [4.78, 5) is 0. The zero-order valence-electron chi connectivity index (χ0n) is 9.91. The molecule has 1 heteroatoms. The van der Waals surface area contributed by atoms with Gasteiger partial charge in [0, 0.05) is 6.54 Å². The van der Waals surface area contributed by atoms with Crippen LogP contribution >= 0.6 is 0 Å². The third-order valence-electron chi connectivity index (χ3n) is 1.79. The van der Waals surface area contributed by atoms with Gasteiger partial charge in [0.05, 0.1) is 0 Å². The molecular weight excluding hydrogens is 158 g/mol. The molecule has 0 unspecified atom stereocenters. The standard InChI is InChI=1S/C8H13N.2C2H6/c1-3-8-6-9-5-4-7(8)2;2*1-2/h3,9H,1,4-6H2,2H3;2*1-2H3. The normalized spacial score (nSPS) is 14.8. The van der Waals surface area contributed by atoms with Crippen molar-refractivity contribution in [2.75, 3.05) is 13.1 Å². The van der Waals surface area contributed by atoms with Crippen LogP contribution in [0.5, 0.6) is 0 Å². The summed E-state index contributed by atoms with van der Waals surface area (Å²) in [6, 6.07) is 0. The lowest BCUT2D eigenvalue weighted by Gasteiger charge is -2.15. The maximum Gasteiger partial charge on any atom is 0.0204 e. The lowest BCUT2D eigenvalue weighted by molar-refractivity contribution is 0.686. The Bertz CT molecular complexity index is 145. The molecule has 0 amide bonds. The highest BCUT2D eigenvalue weighted by Crippen LogP contribution is 2.11. The molecular formula is C12H25N. The molecule has 0 saturated heterocycles. The second-order valence-electron chi connectivity index (χ2n) is 2.44. The lowest BCUT2D eigenvalue weighted by atomic mass is 10.0. The summed E-state index contributed by atoms with van der Waals surface area (Å²) in [6.45, 7) is 16.1. The van der Waals surface area contributed by atoms with Crippen molar-refractivity contribution in [3.8, 4) is 0 Å². The summed E-state index contributed by atoms with van der Waals surface area (Å²) in [5, 5.41) is 3.29. The first kappa shape index (κ1) is 14.9. The van der Waals surface area contributed by atoms with Crippen LogP contribution < -0.4 is 5.32 Å². The van der Waals surface area contributed by atoms with E-state index < -0.39 is 0 Å². The first-order chi connectivity index (χ1) is 6.34. The van der Waals surface area contributed by atoms with Gasteiger partial charge in [-0.3, -0.25) is 0 Å². The van der Waals surface area contributed by atoms with Gasteiger partial charge in [0.25, 0.3) is 0 Å². The molecule has 1 heterocycles. The SMILES string of the molecule is C=CC1=C(C)CCNC1.CC.CC. The van der Waals surface area contributed by atoms with Gasteiger partial charge in [-0.1, -0.05) is 45.9 Å². The van der Waals surface area contributed by atoms with Gasteiger partial charge in [-0.05, 0) is 25.5 Å². The quantitative estimate of drug-likeness (QED) is 0.655. The Labute approximate surface area is 83.9 Å². The van der Waals surface area contributed by atoms with Crippen molar-refractivity contribution in [1.82, 2.24) is 5.32 Å². The Hall–Kier alpha value is -0.560. The first-order valence-corrected chi connectivity index (χ1v) is 5.36. The second kappa shape index (κ2) is 11.4. The van der Waals surface area contributed by atoms with Gasteiger partial charge in [-0.15, -0.1) is 0 Å². The number of hydrogen-bond acceptors (Lipinski definition) is 1. The molecule has 0 aliphatic carbocycles. The Morgan fingerprint density at radius 3 is 2.08 bits per heavy atom. The fourth-order valence-corrected chi connectivity index (χ4v) is 1.06. The van der Waals surface area contributed by atoms with Gasteiger partial charge in [0.15, 0.2) is 0 Å². The summed E-state index contributed by atoms with van der Waals surface area (Å²) < 4.78 is 0. The largest absolute Gasteiger partial charge is 0.312 e. The van der Waals surface area contributed by atoms with Gasteiger partial charge in [0.2, 0.25) is 0 Å². The van der Waals surface area contributed by atoms with E-state index in [4.69, 9.17) is 0 Å². The monoisotopic (exact) mass is 183 g/mol.